The first-order chi connectivity index (χ1) is 7.33. The van der Waals surface area contributed by atoms with Crippen molar-refractivity contribution in [1.29, 1.82) is 0 Å². The first kappa shape index (κ1) is 11.0. The SMILES string of the molecule is CC#CC#CC#CC=C1C=CC(O)CO1. The Morgan fingerprint density at radius 3 is 2.87 bits per heavy atom. The van der Waals surface area contributed by atoms with E-state index in [1.807, 2.05) is 0 Å². The number of ether oxygens (including phenoxy) is 1. The Kier molecular flexibility index (Phi) is 4.68. The first-order valence-corrected chi connectivity index (χ1v) is 4.44. The third-order valence-electron chi connectivity index (χ3n) is 1.50. The van der Waals surface area contributed by atoms with Crippen LogP contribution in [0.15, 0.2) is 24.0 Å². The van der Waals surface area contributed by atoms with Crippen LogP contribution in [0.5, 0.6) is 0 Å². The molecular formula is C13H10O2. The molecule has 0 fully saturated rings. The van der Waals surface area contributed by atoms with E-state index in [0.29, 0.717) is 5.76 Å². The normalized spacial score (nSPS) is 19.9. The monoisotopic (exact) mass is 198 g/mol. The van der Waals surface area contributed by atoms with Gasteiger partial charge in [0, 0.05) is 6.08 Å². The third kappa shape index (κ3) is 4.63. The average Bonchev–Trinajstić information content (AvgIpc) is 2.26. The van der Waals surface area contributed by atoms with Crippen molar-refractivity contribution in [3.63, 3.8) is 0 Å². The third-order valence-corrected chi connectivity index (χ3v) is 1.50. The Morgan fingerprint density at radius 1 is 1.40 bits per heavy atom. The highest BCUT2D eigenvalue weighted by atomic mass is 16.5. The number of aliphatic hydroxyl groups excluding tert-OH is 1. The van der Waals surface area contributed by atoms with Gasteiger partial charge in [0.05, 0.1) is 0 Å². The van der Waals surface area contributed by atoms with Gasteiger partial charge in [0.15, 0.2) is 0 Å². The molecule has 0 radical (unpaired) electrons. The maximum absolute atomic E-state index is 9.08. The molecule has 0 aliphatic carbocycles. The molecule has 0 aromatic heterocycles. The number of rotatable bonds is 0. The lowest BCUT2D eigenvalue weighted by Gasteiger charge is -2.13. The second-order valence-electron chi connectivity index (χ2n) is 2.68. The van der Waals surface area contributed by atoms with Crippen LogP contribution in [0.3, 0.4) is 0 Å². The van der Waals surface area contributed by atoms with E-state index in [1.54, 1.807) is 25.2 Å². The lowest BCUT2D eigenvalue weighted by atomic mass is 10.2. The first-order valence-electron chi connectivity index (χ1n) is 4.44. The number of allylic oxidation sites excluding steroid dienone is 2. The van der Waals surface area contributed by atoms with E-state index in [4.69, 9.17) is 9.84 Å². The van der Waals surface area contributed by atoms with Crippen LogP contribution < -0.4 is 0 Å². The van der Waals surface area contributed by atoms with Crippen molar-refractivity contribution < 1.29 is 9.84 Å². The largest absolute Gasteiger partial charge is 0.490 e. The Bertz CT molecular complexity index is 450. The number of hydrogen-bond donors (Lipinski definition) is 1. The van der Waals surface area contributed by atoms with Crippen LogP contribution in [0.4, 0.5) is 0 Å². The molecule has 1 aliphatic heterocycles. The summed E-state index contributed by atoms with van der Waals surface area (Å²) in [5.41, 5.74) is 0. The van der Waals surface area contributed by atoms with Crippen LogP contribution >= 0.6 is 0 Å². The number of aliphatic hydroxyl groups is 1. The topological polar surface area (TPSA) is 29.5 Å². The van der Waals surface area contributed by atoms with Crippen molar-refractivity contribution in [2.24, 2.45) is 0 Å². The minimum Gasteiger partial charge on any atom is -0.490 e. The summed E-state index contributed by atoms with van der Waals surface area (Å²) in [4.78, 5) is 0. The molecule has 0 amide bonds. The Balaban J connectivity index is 2.54. The van der Waals surface area contributed by atoms with Gasteiger partial charge in [-0.25, -0.2) is 0 Å². The summed E-state index contributed by atoms with van der Waals surface area (Å²) < 4.78 is 5.16. The standard InChI is InChI=1S/C13H10O2/c1-2-3-4-5-6-7-8-13-10-9-12(14)11-15-13/h8-10,12,14H,11H2,1H3. The molecule has 15 heavy (non-hydrogen) atoms. The molecule has 0 spiro atoms. The van der Waals surface area contributed by atoms with Crippen LogP contribution in [0.1, 0.15) is 6.92 Å². The molecule has 0 aromatic carbocycles. The predicted molar refractivity (Wildman–Crippen MR) is 58.2 cm³/mol. The fourth-order valence-corrected chi connectivity index (χ4v) is 0.849. The Labute approximate surface area is 89.6 Å². The molecule has 1 atom stereocenters. The predicted octanol–water partition coefficient (Wildman–Crippen LogP) is 0.848. The van der Waals surface area contributed by atoms with E-state index in [2.05, 4.69) is 35.5 Å². The second-order valence-corrected chi connectivity index (χ2v) is 2.68. The van der Waals surface area contributed by atoms with Gasteiger partial charge >= 0.3 is 0 Å². The zero-order valence-corrected chi connectivity index (χ0v) is 8.37. The highest BCUT2D eigenvalue weighted by Crippen LogP contribution is 2.07. The van der Waals surface area contributed by atoms with Crippen molar-refractivity contribution in [2.45, 2.75) is 13.0 Å². The molecule has 1 heterocycles. The molecule has 1 aliphatic rings. The molecule has 0 aromatic rings. The quantitative estimate of drug-likeness (QED) is 0.585. The molecule has 74 valence electrons. The molecule has 0 bridgehead atoms. The molecule has 2 nitrogen and oxygen atoms in total. The van der Waals surface area contributed by atoms with E-state index >= 15 is 0 Å². The highest BCUT2D eigenvalue weighted by molar-refractivity contribution is 5.38. The van der Waals surface area contributed by atoms with Crippen molar-refractivity contribution in [2.75, 3.05) is 6.61 Å². The summed E-state index contributed by atoms with van der Waals surface area (Å²) in [5.74, 6) is 16.3. The minimum atomic E-state index is -0.519. The molecule has 0 saturated heterocycles. The fraction of sp³-hybridized carbons (Fsp3) is 0.231. The summed E-state index contributed by atoms with van der Waals surface area (Å²) in [6, 6.07) is 0. The van der Waals surface area contributed by atoms with Crippen LogP contribution in [0.25, 0.3) is 0 Å². The van der Waals surface area contributed by atoms with Crippen LogP contribution in [0.2, 0.25) is 0 Å². The van der Waals surface area contributed by atoms with Gasteiger partial charge < -0.3 is 9.84 Å². The number of hydrogen-bond acceptors (Lipinski definition) is 2. The van der Waals surface area contributed by atoms with Crippen molar-refractivity contribution >= 4 is 0 Å². The zero-order chi connectivity index (χ0) is 10.9. The molecule has 2 heteroatoms. The molecule has 1 rings (SSSR count). The van der Waals surface area contributed by atoms with Gasteiger partial charge in [-0.1, -0.05) is 11.8 Å². The summed E-state index contributed by atoms with van der Waals surface area (Å²) in [5, 5.41) is 9.08. The lowest BCUT2D eigenvalue weighted by molar-refractivity contribution is 0.0966. The Morgan fingerprint density at radius 2 is 2.20 bits per heavy atom. The maximum Gasteiger partial charge on any atom is 0.127 e. The molecule has 1 N–H and O–H groups in total. The van der Waals surface area contributed by atoms with Crippen LogP contribution in [-0.2, 0) is 4.74 Å². The van der Waals surface area contributed by atoms with Gasteiger partial charge in [0.1, 0.15) is 18.5 Å². The molecule has 0 saturated carbocycles. The van der Waals surface area contributed by atoms with E-state index in [-0.39, 0.29) is 6.61 Å². The van der Waals surface area contributed by atoms with Crippen molar-refractivity contribution in [1.82, 2.24) is 0 Å². The smallest absolute Gasteiger partial charge is 0.127 e. The lowest BCUT2D eigenvalue weighted by Crippen LogP contribution is -2.15. The van der Waals surface area contributed by atoms with Gasteiger partial charge in [0.2, 0.25) is 0 Å². The van der Waals surface area contributed by atoms with Crippen molar-refractivity contribution in [3.05, 3.63) is 24.0 Å². The minimum absolute atomic E-state index is 0.275. The maximum atomic E-state index is 9.08. The van der Waals surface area contributed by atoms with Gasteiger partial charge in [-0.05, 0) is 42.8 Å². The van der Waals surface area contributed by atoms with Crippen LogP contribution in [0, 0.1) is 35.5 Å². The summed E-state index contributed by atoms with van der Waals surface area (Å²) in [7, 11) is 0. The van der Waals surface area contributed by atoms with Crippen LogP contribution in [-0.4, -0.2) is 17.8 Å². The summed E-state index contributed by atoms with van der Waals surface area (Å²) >= 11 is 0. The molecular weight excluding hydrogens is 188 g/mol. The summed E-state index contributed by atoms with van der Waals surface area (Å²) in [6.07, 6.45) is 4.43. The van der Waals surface area contributed by atoms with Gasteiger partial charge in [0.25, 0.3) is 0 Å². The average molecular weight is 198 g/mol. The van der Waals surface area contributed by atoms with E-state index in [0.717, 1.165) is 0 Å². The molecule has 1 unspecified atom stereocenters. The van der Waals surface area contributed by atoms with E-state index in [9.17, 15) is 0 Å². The van der Waals surface area contributed by atoms with Gasteiger partial charge in [-0.2, -0.15) is 0 Å². The highest BCUT2D eigenvalue weighted by Gasteiger charge is 2.06. The van der Waals surface area contributed by atoms with E-state index < -0.39 is 6.10 Å². The second kappa shape index (κ2) is 6.39. The summed E-state index contributed by atoms with van der Waals surface area (Å²) in [6.45, 7) is 1.99. The van der Waals surface area contributed by atoms with Gasteiger partial charge in [-0.15, -0.1) is 0 Å². The van der Waals surface area contributed by atoms with Gasteiger partial charge in [-0.3, -0.25) is 0 Å². The Hall–Kier alpha value is -2.08. The van der Waals surface area contributed by atoms with E-state index in [1.165, 1.54) is 0 Å². The zero-order valence-electron chi connectivity index (χ0n) is 8.37. The van der Waals surface area contributed by atoms with Crippen molar-refractivity contribution in [3.8, 4) is 35.5 Å². The fourth-order valence-electron chi connectivity index (χ4n) is 0.849.